The zero-order valence-electron chi connectivity index (χ0n) is 7.06. The largest absolute Gasteiger partial charge is 0.395 e. The van der Waals surface area contributed by atoms with Crippen LogP contribution >= 0.6 is 23.2 Å². The van der Waals surface area contributed by atoms with Crippen molar-refractivity contribution in [2.24, 2.45) is 0 Å². The second-order valence-electron chi connectivity index (χ2n) is 3.54. The molecule has 1 aliphatic rings. The maximum Gasteiger partial charge on any atom is 0.0529 e. The van der Waals surface area contributed by atoms with Crippen molar-refractivity contribution in [3.8, 4) is 0 Å². The molecular formula is C10H10Cl2O. The fourth-order valence-electron chi connectivity index (χ4n) is 1.64. The van der Waals surface area contributed by atoms with Crippen LogP contribution in [0.1, 0.15) is 18.4 Å². The van der Waals surface area contributed by atoms with Crippen LogP contribution in [0, 0.1) is 0 Å². The predicted octanol–water partition coefficient (Wildman–Crippen LogP) is 3.02. The lowest BCUT2D eigenvalue weighted by Crippen LogP contribution is -2.13. The molecule has 1 aromatic rings. The van der Waals surface area contributed by atoms with Gasteiger partial charge in [-0.3, -0.25) is 0 Å². The lowest BCUT2D eigenvalue weighted by Gasteiger charge is -2.15. The molecule has 0 radical (unpaired) electrons. The summed E-state index contributed by atoms with van der Waals surface area (Å²) in [6, 6.07) is 5.46. The number of benzene rings is 1. The number of hydrogen-bond acceptors (Lipinski definition) is 1. The van der Waals surface area contributed by atoms with Gasteiger partial charge in [0.1, 0.15) is 0 Å². The molecule has 0 atom stereocenters. The van der Waals surface area contributed by atoms with Gasteiger partial charge in [-0.15, -0.1) is 0 Å². The number of aliphatic hydroxyl groups excluding tert-OH is 1. The molecular weight excluding hydrogens is 207 g/mol. The fourth-order valence-corrected chi connectivity index (χ4v) is 2.44. The first-order valence-corrected chi connectivity index (χ1v) is 5.00. The van der Waals surface area contributed by atoms with Crippen LogP contribution in [0.4, 0.5) is 0 Å². The molecule has 0 aromatic heterocycles. The smallest absolute Gasteiger partial charge is 0.0529 e. The van der Waals surface area contributed by atoms with Gasteiger partial charge in [-0.1, -0.05) is 29.3 Å². The molecule has 0 saturated heterocycles. The van der Waals surface area contributed by atoms with Gasteiger partial charge >= 0.3 is 0 Å². The van der Waals surface area contributed by atoms with E-state index < -0.39 is 0 Å². The number of halogens is 2. The third-order valence-electron chi connectivity index (χ3n) is 2.65. The Morgan fingerprint density at radius 1 is 1.23 bits per heavy atom. The fraction of sp³-hybridized carbons (Fsp3) is 0.400. The molecule has 0 aliphatic heterocycles. The Morgan fingerprint density at radius 2 is 1.77 bits per heavy atom. The minimum Gasteiger partial charge on any atom is -0.395 e. The van der Waals surface area contributed by atoms with E-state index in [4.69, 9.17) is 23.2 Å². The van der Waals surface area contributed by atoms with Gasteiger partial charge in [0.25, 0.3) is 0 Å². The number of hydrogen-bond donors (Lipinski definition) is 1. The Hall–Kier alpha value is -0.240. The molecule has 0 spiro atoms. The van der Waals surface area contributed by atoms with Gasteiger partial charge in [0.15, 0.2) is 0 Å². The van der Waals surface area contributed by atoms with Crippen LogP contribution in [-0.2, 0) is 5.41 Å². The molecule has 3 heteroatoms. The molecule has 0 bridgehead atoms. The maximum absolute atomic E-state index is 9.24. The van der Waals surface area contributed by atoms with E-state index in [-0.39, 0.29) is 12.0 Å². The van der Waals surface area contributed by atoms with Crippen molar-refractivity contribution >= 4 is 23.2 Å². The highest BCUT2D eigenvalue weighted by atomic mass is 35.5. The Kier molecular flexibility index (Phi) is 2.26. The first-order chi connectivity index (χ1) is 6.19. The molecule has 1 saturated carbocycles. The van der Waals surface area contributed by atoms with Crippen molar-refractivity contribution in [1.29, 1.82) is 0 Å². The van der Waals surface area contributed by atoms with Gasteiger partial charge in [-0.2, -0.15) is 0 Å². The van der Waals surface area contributed by atoms with E-state index in [0.29, 0.717) is 10.0 Å². The first-order valence-electron chi connectivity index (χ1n) is 4.25. The average Bonchev–Trinajstić information content (AvgIpc) is 2.85. The molecule has 1 aromatic carbocycles. The summed E-state index contributed by atoms with van der Waals surface area (Å²) in [5.74, 6) is 0. The zero-order chi connectivity index (χ0) is 9.47. The third-order valence-corrected chi connectivity index (χ3v) is 3.28. The Bertz CT molecular complexity index is 311. The maximum atomic E-state index is 9.24. The van der Waals surface area contributed by atoms with E-state index in [2.05, 4.69) is 0 Å². The van der Waals surface area contributed by atoms with E-state index in [0.717, 1.165) is 18.4 Å². The lowest BCUT2D eigenvalue weighted by molar-refractivity contribution is 0.255. The first kappa shape index (κ1) is 9.32. The van der Waals surface area contributed by atoms with Crippen molar-refractivity contribution in [3.05, 3.63) is 33.8 Å². The summed E-state index contributed by atoms with van der Waals surface area (Å²) in [6.07, 6.45) is 1.96. The summed E-state index contributed by atoms with van der Waals surface area (Å²) in [5.41, 5.74) is 0.774. The SMILES string of the molecule is OCC1(c2c(Cl)cccc2Cl)CC1. The van der Waals surface area contributed by atoms with Crippen LogP contribution in [-0.4, -0.2) is 11.7 Å². The molecule has 1 nitrogen and oxygen atoms in total. The molecule has 0 amide bonds. The van der Waals surface area contributed by atoms with E-state index in [9.17, 15) is 5.11 Å². The standard InChI is InChI=1S/C10H10Cl2O/c11-7-2-1-3-8(12)9(7)10(6-13)4-5-10/h1-3,13H,4-6H2. The molecule has 1 aliphatic carbocycles. The van der Waals surface area contributed by atoms with E-state index in [1.165, 1.54) is 0 Å². The van der Waals surface area contributed by atoms with Crippen molar-refractivity contribution in [3.63, 3.8) is 0 Å². The summed E-state index contributed by atoms with van der Waals surface area (Å²) >= 11 is 12.1. The molecule has 1 N–H and O–H groups in total. The van der Waals surface area contributed by atoms with Crippen LogP contribution in [0.15, 0.2) is 18.2 Å². The number of aliphatic hydroxyl groups is 1. The van der Waals surface area contributed by atoms with Gasteiger partial charge < -0.3 is 5.11 Å². The Labute approximate surface area is 87.3 Å². The minimum absolute atomic E-state index is 0.135. The summed E-state index contributed by atoms with van der Waals surface area (Å²) in [7, 11) is 0. The summed E-state index contributed by atoms with van der Waals surface area (Å²) < 4.78 is 0. The summed E-state index contributed by atoms with van der Waals surface area (Å²) in [4.78, 5) is 0. The van der Waals surface area contributed by atoms with Crippen molar-refractivity contribution in [2.45, 2.75) is 18.3 Å². The van der Waals surface area contributed by atoms with E-state index >= 15 is 0 Å². The lowest BCUT2D eigenvalue weighted by atomic mass is 9.97. The van der Waals surface area contributed by atoms with Crippen molar-refractivity contribution in [1.82, 2.24) is 0 Å². The Balaban J connectivity index is 2.50. The molecule has 70 valence electrons. The summed E-state index contributed by atoms with van der Waals surface area (Å²) in [5, 5.41) is 10.6. The Morgan fingerprint density at radius 3 is 2.15 bits per heavy atom. The zero-order valence-corrected chi connectivity index (χ0v) is 8.57. The highest BCUT2D eigenvalue weighted by Gasteiger charge is 2.46. The average molecular weight is 217 g/mol. The highest BCUT2D eigenvalue weighted by Crippen LogP contribution is 2.52. The molecule has 0 heterocycles. The molecule has 0 unspecified atom stereocenters. The normalized spacial score (nSPS) is 18.7. The van der Waals surface area contributed by atoms with Crippen LogP contribution < -0.4 is 0 Å². The quantitative estimate of drug-likeness (QED) is 0.807. The van der Waals surface area contributed by atoms with Crippen molar-refractivity contribution < 1.29 is 5.11 Å². The van der Waals surface area contributed by atoms with E-state index in [1.54, 1.807) is 0 Å². The third kappa shape index (κ3) is 1.45. The molecule has 2 rings (SSSR count). The molecule has 13 heavy (non-hydrogen) atoms. The molecule has 1 fully saturated rings. The van der Waals surface area contributed by atoms with Gasteiger partial charge in [0.2, 0.25) is 0 Å². The highest BCUT2D eigenvalue weighted by molar-refractivity contribution is 6.36. The second-order valence-corrected chi connectivity index (χ2v) is 4.35. The minimum atomic E-state index is -0.143. The van der Waals surface area contributed by atoms with Gasteiger partial charge in [0.05, 0.1) is 6.61 Å². The van der Waals surface area contributed by atoms with E-state index in [1.807, 2.05) is 18.2 Å². The second kappa shape index (κ2) is 3.16. The van der Waals surface area contributed by atoms with Crippen LogP contribution in [0.5, 0.6) is 0 Å². The monoisotopic (exact) mass is 216 g/mol. The van der Waals surface area contributed by atoms with Gasteiger partial charge in [-0.05, 0) is 30.5 Å². The van der Waals surface area contributed by atoms with Crippen LogP contribution in [0.3, 0.4) is 0 Å². The topological polar surface area (TPSA) is 20.2 Å². The van der Waals surface area contributed by atoms with Gasteiger partial charge in [0, 0.05) is 15.5 Å². The van der Waals surface area contributed by atoms with Crippen molar-refractivity contribution in [2.75, 3.05) is 6.61 Å². The van der Waals surface area contributed by atoms with Gasteiger partial charge in [-0.25, -0.2) is 0 Å². The van der Waals surface area contributed by atoms with Crippen LogP contribution in [0.25, 0.3) is 0 Å². The summed E-state index contributed by atoms with van der Waals surface area (Å²) in [6.45, 7) is 0.135. The van der Waals surface area contributed by atoms with Crippen LogP contribution in [0.2, 0.25) is 10.0 Å². The number of rotatable bonds is 2. The predicted molar refractivity (Wildman–Crippen MR) is 54.5 cm³/mol.